The smallest absolute Gasteiger partial charge is 0.341 e. The van der Waals surface area contributed by atoms with Gasteiger partial charge in [-0.25, -0.2) is 9.59 Å². The molecule has 1 aliphatic carbocycles. The molecule has 0 saturated heterocycles. The third-order valence-corrected chi connectivity index (χ3v) is 4.78. The second kappa shape index (κ2) is 7.41. The van der Waals surface area contributed by atoms with Crippen molar-refractivity contribution in [3.05, 3.63) is 28.2 Å². The summed E-state index contributed by atoms with van der Waals surface area (Å²) in [5.74, 6) is -1.70. The monoisotopic (exact) mass is 337 g/mol. The Bertz CT molecular complexity index is 662. The Morgan fingerprint density at radius 1 is 1.39 bits per heavy atom. The van der Waals surface area contributed by atoms with Crippen molar-refractivity contribution in [2.45, 2.75) is 33.1 Å². The Hall–Kier alpha value is -2.15. The van der Waals surface area contributed by atoms with Crippen LogP contribution in [0.5, 0.6) is 0 Å². The minimum absolute atomic E-state index is 0.256. The third kappa shape index (κ3) is 4.19. The largest absolute Gasteiger partial charge is 0.478 e. The van der Waals surface area contributed by atoms with Gasteiger partial charge in [-0.1, -0.05) is 6.92 Å². The highest BCUT2D eigenvalue weighted by molar-refractivity contribution is 7.17. The summed E-state index contributed by atoms with van der Waals surface area (Å²) in [7, 11) is 0. The molecule has 0 aromatic carbocycles. The van der Waals surface area contributed by atoms with Crippen molar-refractivity contribution in [3.63, 3.8) is 0 Å². The van der Waals surface area contributed by atoms with Crippen molar-refractivity contribution in [2.24, 2.45) is 5.92 Å². The first kappa shape index (κ1) is 17.2. The first-order valence-corrected chi connectivity index (χ1v) is 8.27. The molecule has 7 heteroatoms. The van der Waals surface area contributed by atoms with Gasteiger partial charge >= 0.3 is 11.9 Å². The van der Waals surface area contributed by atoms with Crippen LogP contribution in [0.4, 0.5) is 5.00 Å². The highest BCUT2D eigenvalue weighted by Crippen LogP contribution is 2.40. The summed E-state index contributed by atoms with van der Waals surface area (Å²) < 4.78 is 5.10. The fraction of sp³-hybridized carbons (Fsp3) is 0.438. The van der Waals surface area contributed by atoms with Gasteiger partial charge in [0, 0.05) is 17.0 Å². The van der Waals surface area contributed by atoms with E-state index >= 15 is 0 Å². The van der Waals surface area contributed by atoms with E-state index in [0.717, 1.165) is 41.9 Å². The normalized spacial score (nSPS) is 16.9. The van der Waals surface area contributed by atoms with Crippen molar-refractivity contribution in [1.82, 2.24) is 0 Å². The zero-order valence-electron chi connectivity index (χ0n) is 13.0. The predicted molar refractivity (Wildman–Crippen MR) is 86.9 cm³/mol. The number of esters is 1. The molecule has 0 bridgehead atoms. The summed E-state index contributed by atoms with van der Waals surface area (Å²) in [6.07, 6.45) is 4.32. The maximum absolute atomic E-state index is 12.2. The van der Waals surface area contributed by atoms with Crippen LogP contribution in [-0.4, -0.2) is 29.6 Å². The zero-order chi connectivity index (χ0) is 17.0. The molecule has 0 saturated carbocycles. The minimum Gasteiger partial charge on any atom is -0.478 e. The van der Waals surface area contributed by atoms with Gasteiger partial charge in [-0.3, -0.25) is 4.79 Å². The molecule has 124 valence electrons. The maximum atomic E-state index is 12.2. The lowest BCUT2D eigenvalue weighted by molar-refractivity contribution is -0.131. The molecule has 1 heterocycles. The van der Waals surface area contributed by atoms with Crippen LogP contribution in [0.1, 0.15) is 41.1 Å². The molecule has 1 amide bonds. The molecule has 0 aliphatic heterocycles. The number of carboxylic acid groups (broad SMARTS) is 1. The molecular formula is C16H19NO5S. The molecule has 1 aromatic heterocycles. The highest BCUT2D eigenvalue weighted by Gasteiger charge is 2.28. The van der Waals surface area contributed by atoms with E-state index in [1.807, 2.05) is 0 Å². The van der Waals surface area contributed by atoms with Gasteiger partial charge in [-0.15, -0.1) is 11.3 Å². The Labute approximate surface area is 138 Å². The second-order valence-corrected chi connectivity index (χ2v) is 6.54. The Morgan fingerprint density at radius 3 is 2.78 bits per heavy atom. The molecule has 1 unspecified atom stereocenters. The number of hydrogen-bond acceptors (Lipinski definition) is 5. The molecule has 1 aliphatic rings. The molecule has 0 spiro atoms. The number of hydrogen-bond donors (Lipinski definition) is 2. The van der Waals surface area contributed by atoms with E-state index in [2.05, 4.69) is 12.2 Å². The van der Waals surface area contributed by atoms with E-state index in [-0.39, 0.29) is 6.61 Å². The summed E-state index contributed by atoms with van der Waals surface area (Å²) >= 11 is 1.37. The molecular weight excluding hydrogens is 318 g/mol. The first-order chi connectivity index (χ1) is 10.9. The van der Waals surface area contributed by atoms with E-state index in [9.17, 15) is 14.4 Å². The van der Waals surface area contributed by atoms with Gasteiger partial charge in [-0.05, 0) is 37.7 Å². The van der Waals surface area contributed by atoms with Gasteiger partial charge in [0.25, 0.3) is 0 Å². The first-order valence-electron chi connectivity index (χ1n) is 7.46. The third-order valence-electron chi connectivity index (χ3n) is 3.61. The molecule has 6 nitrogen and oxygen atoms in total. The van der Waals surface area contributed by atoms with Crippen LogP contribution >= 0.6 is 11.3 Å². The van der Waals surface area contributed by atoms with Crippen LogP contribution in [0.2, 0.25) is 0 Å². The van der Waals surface area contributed by atoms with Crippen LogP contribution in [0, 0.1) is 5.92 Å². The molecule has 2 N–H and O–H groups in total. The number of rotatable bonds is 5. The lowest BCUT2D eigenvalue weighted by Crippen LogP contribution is -2.15. The summed E-state index contributed by atoms with van der Waals surface area (Å²) in [6.45, 7) is 4.14. The molecule has 0 fully saturated rings. The van der Waals surface area contributed by atoms with Crippen molar-refractivity contribution >= 4 is 34.2 Å². The summed E-state index contributed by atoms with van der Waals surface area (Å²) in [5.41, 5.74) is 1.36. The highest BCUT2D eigenvalue weighted by atomic mass is 32.1. The zero-order valence-corrected chi connectivity index (χ0v) is 13.9. The summed E-state index contributed by atoms with van der Waals surface area (Å²) in [6, 6.07) is 0. The molecule has 1 aromatic rings. The van der Waals surface area contributed by atoms with Crippen molar-refractivity contribution in [3.8, 4) is 0 Å². The average molecular weight is 337 g/mol. The van der Waals surface area contributed by atoms with Crippen LogP contribution in [0.3, 0.4) is 0 Å². The van der Waals surface area contributed by atoms with Crippen molar-refractivity contribution in [2.75, 3.05) is 11.9 Å². The second-order valence-electron chi connectivity index (χ2n) is 5.44. The predicted octanol–water partition coefficient (Wildman–Crippen LogP) is 2.63. The van der Waals surface area contributed by atoms with Crippen molar-refractivity contribution < 1.29 is 24.2 Å². The standard InChI is InChI=1S/C16H19NO5S/c1-3-22-16(21)14-10-5-4-9(2)8-11(10)23-15(14)17-12(18)6-7-13(19)20/h6-7,9H,3-5,8H2,1-2H3,(H,17,18)(H,19,20). The maximum Gasteiger partial charge on any atom is 0.341 e. The molecule has 1 atom stereocenters. The fourth-order valence-electron chi connectivity index (χ4n) is 2.56. The minimum atomic E-state index is -1.20. The number of carbonyl (C=O) groups excluding carboxylic acids is 2. The van der Waals surface area contributed by atoms with Crippen LogP contribution in [-0.2, 0) is 27.2 Å². The van der Waals surface area contributed by atoms with E-state index in [4.69, 9.17) is 9.84 Å². The van der Waals surface area contributed by atoms with Gasteiger partial charge in [-0.2, -0.15) is 0 Å². The Balaban J connectivity index is 2.32. The van der Waals surface area contributed by atoms with Gasteiger partial charge < -0.3 is 15.2 Å². The van der Waals surface area contributed by atoms with Crippen LogP contribution in [0.15, 0.2) is 12.2 Å². The molecule has 2 rings (SSSR count). The van der Waals surface area contributed by atoms with Gasteiger partial charge in [0.2, 0.25) is 5.91 Å². The molecule has 23 heavy (non-hydrogen) atoms. The number of carbonyl (C=O) groups is 3. The van der Waals surface area contributed by atoms with Crippen LogP contribution in [0.25, 0.3) is 0 Å². The lowest BCUT2D eigenvalue weighted by Gasteiger charge is -2.18. The number of anilines is 1. The van der Waals surface area contributed by atoms with Gasteiger partial charge in [0.05, 0.1) is 12.2 Å². The lowest BCUT2D eigenvalue weighted by atomic mass is 9.88. The van der Waals surface area contributed by atoms with E-state index in [1.54, 1.807) is 6.92 Å². The molecule has 0 radical (unpaired) electrons. The Morgan fingerprint density at radius 2 is 2.13 bits per heavy atom. The number of ether oxygens (including phenoxy) is 1. The number of carboxylic acids is 1. The number of amides is 1. The van der Waals surface area contributed by atoms with E-state index < -0.39 is 17.8 Å². The quantitative estimate of drug-likeness (QED) is 0.636. The van der Waals surface area contributed by atoms with E-state index in [1.165, 1.54) is 11.3 Å². The number of nitrogens with one attached hydrogen (secondary N) is 1. The number of aliphatic carboxylic acids is 1. The number of thiophene rings is 1. The van der Waals surface area contributed by atoms with Crippen LogP contribution < -0.4 is 5.32 Å². The topological polar surface area (TPSA) is 92.7 Å². The summed E-state index contributed by atoms with van der Waals surface area (Å²) in [5, 5.41) is 11.6. The average Bonchev–Trinajstić information content (AvgIpc) is 2.82. The van der Waals surface area contributed by atoms with Gasteiger partial charge in [0.1, 0.15) is 5.00 Å². The van der Waals surface area contributed by atoms with Gasteiger partial charge in [0.15, 0.2) is 0 Å². The number of fused-ring (bicyclic) bond motifs is 1. The SMILES string of the molecule is CCOC(=O)c1c(NC(=O)C=CC(=O)O)sc2c1CCC(C)C2. The van der Waals surface area contributed by atoms with E-state index in [0.29, 0.717) is 16.5 Å². The fourth-order valence-corrected chi connectivity index (χ4v) is 3.96. The van der Waals surface area contributed by atoms with Crippen molar-refractivity contribution in [1.29, 1.82) is 0 Å². The summed E-state index contributed by atoms with van der Waals surface area (Å²) in [4.78, 5) is 35.6. The Kier molecular flexibility index (Phi) is 5.54.